The van der Waals surface area contributed by atoms with Gasteiger partial charge in [0.05, 0.1) is 23.4 Å². The van der Waals surface area contributed by atoms with Gasteiger partial charge >= 0.3 is 5.97 Å². The molecule has 36 heavy (non-hydrogen) atoms. The number of aromatic carboxylic acids is 1. The Balaban J connectivity index is 1.79. The summed E-state index contributed by atoms with van der Waals surface area (Å²) in [4.78, 5) is 30.5. The van der Waals surface area contributed by atoms with Crippen molar-refractivity contribution in [1.29, 1.82) is 0 Å². The Morgan fingerprint density at radius 1 is 1.17 bits per heavy atom. The number of hydrogen-bond donors (Lipinski definition) is 3. The molecule has 0 aliphatic carbocycles. The third kappa shape index (κ3) is 5.23. The zero-order valence-corrected chi connectivity index (χ0v) is 21.3. The monoisotopic (exact) mass is 507 g/mol. The number of allylic oxidation sites excluding steroid dienone is 1. The van der Waals surface area contributed by atoms with Crippen LogP contribution in [0.1, 0.15) is 55.6 Å². The first-order chi connectivity index (χ1) is 17.4. The average molecular weight is 508 g/mol. The third-order valence-corrected chi connectivity index (χ3v) is 6.65. The molecule has 0 radical (unpaired) electrons. The predicted molar refractivity (Wildman–Crippen MR) is 140 cm³/mol. The van der Waals surface area contributed by atoms with Crippen molar-refractivity contribution in [1.82, 2.24) is 14.8 Å². The van der Waals surface area contributed by atoms with E-state index in [9.17, 15) is 14.7 Å². The van der Waals surface area contributed by atoms with Crippen LogP contribution in [-0.4, -0.2) is 44.1 Å². The lowest BCUT2D eigenvalue weighted by atomic mass is 9.91. The number of rotatable bonds is 10. The van der Waals surface area contributed by atoms with Crippen LogP contribution >= 0.6 is 11.8 Å². The summed E-state index contributed by atoms with van der Waals surface area (Å²) >= 11 is 1.53. The summed E-state index contributed by atoms with van der Waals surface area (Å²) in [5, 5.41) is 21.3. The van der Waals surface area contributed by atoms with E-state index in [1.165, 1.54) is 17.8 Å². The second kappa shape index (κ2) is 11.3. The van der Waals surface area contributed by atoms with E-state index in [-0.39, 0.29) is 5.56 Å². The maximum absolute atomic E-state index is 13.7. The number of carboxylic acids is 1. The number of amides is 1. The van der Waals surface area contributed by atoms with Crippen molar-refractivity contribution >= 4 is 35.3 Å². The molecule has 2 heterocycles. The fraction of sp³-hybridized carbons (Fsp3) is 0.308. The molecular formula is C26H29N5O4S. The molecule has 1 atom stereocenters. The number of thioether (sulfide) groups is 1. The topological polar surface area (TPSA) is 118 Å². The van der Waals surface area contributed by atoms with Gasteiger partial charge in [0.2, 0.25) is 11.1 Å². The number of nitrogens with zero attached hydrogens (tertiary/aromatic N) is 3. The van der Waals surface area contributed by atoms with Crippen LogP contribution in [0.15, 0.2) is 65.0 Å². The van der Waals surface area contributed by atoms with Crippen LogP contribution in [-0.2, 0) is 4.79 Å². The van der Waals surface area contributed by atoms with Crippen molar-refractivity contribution in [2.45, 2.75) is 44.8 Å². The summed E-state index contributed by atoms with van der Waals surface area (Å²) in [5.41, 5.74) is 1.98. The van der Waals surface area contributed by atoms with Gasteiger partial charge < -0.3 is 20.5 Å². The lowest BCUT2D eigenvalue weighted by Gasteiger charge is -2.29. The molecule has 2 aromatic carbocycles. The number of aromatic nitrogens is 3. The van der Waals surface area contributed by atoms with E-state index in [4.69, 9.17) is 4.74 Å². The number of ether oxygens (including phenoxy) is 1. The van der Waals surface area contributed by atoms with Crippen LogP contribution < -0.4 is 15.4 Å². The van der Waals surface area contributed by atoms with Gasteiger partial charge in [0.25, 0.3) is 5.91 Å². The molecule has 0 spiro atoms. The molecule has 0 fully saturated rings. The van der Waals surface area contributed by atoms with Crippen LogP contribution in [0.3, 0.4) is 0 Å². The molecule has 1 amide bonds. The van der Waals surface area contributed by atoms with Crippen molar-refractivity contribution in [3.8, 4) is 5.75 Å². The van der Waals surface area contributed by atoms with Crippen molar-refractivity contribution < 1.29 is 19.4 Å². The molecule has 0 saturated heterocycles. The number of para-hydroxylation sites is 2. The van der Waals surface area contributed by atoms with Crippen LogP contribution in [0.2, 0.25) is 0 Å². The second-order valence-electron chi connectivity index (χ2n) is 8.21. The number of anilines is 2. The average Bonchev–Trinajstić information content (AvgIpc) is 3.26. The van der Waals surface area contributed by atoms with Crippen molar-refractivity contribution in [3.63, 3.8) is 0 Å². The molecular weight excluding hydrogens is 478 g/mol. The van der Waals surface area contributed by atoms with Crippen molar-refractivity contribution in [2.24, 2.45) is 0 Å². The molecule has 1 aliphatic rings. The molecule has 1 aliphatic heterocycles. The highest BCUT2D eigenvalue weighted by molar-refractivity contribution is 7.99. The molecule has 3 N–H and O–H groups in total. The molecule has 188 valence electrons. The quantitative estimate of drug-likeness (QED) is 0.253. The first kappa shape index (κ1) is 25.3. The fourth-order valence-corrected chi connectivity index (χ4v) is 4.97. The lowest BCUT2D eigenvalue weighted by molar-refractivity contribution is -0.113. The third-order valence-electron chi connectivity index (χ3n) is 5.73. The maximum Gasteiger partial charge on any atom is 0.336 e. The second-order valence-corrected chi connectivity index (χ2v) is 9.27. The summed E-state index contributed by atoms with van der Waals surface area (Å²) < 4.78 is 7.27. The Labute approximate surface area is 214 Å². The summed E-state index contributed by atoms with van der Waals surface area (Å²) in [5.74, 6) is 0.405. The van der Waals surface area contributed by atoms with Crippen molar-refractivity contribution in [2.75, 3.05) is 23.0 Å². The predicted octanol–water partition coefficient (Wildman–Crippen LogP) is 5.19. The van der Waals surface area contributed by atoms with E-state index in [1.807, 2.05) is 19.1 Å². The first-order valence-corrected chi connectivity index (χ1v) is 12.9. The zero-order valence-electron chi connectivity index (χ0n) is 20.4. The SMILES string of the molecule is CCCCSc1nc2n(n1)C(c1ccccc1C(=O)O)C(C(=O)Nc1ccccc1OCC)=C(C)N2. The Morgan fingerprint density at radius 3 is 2.67 bits per heavy atom. The summed E-state index contributed by atoms with van der Waals surface area (Å²) in [7, 11) is 0. The van der Waals surface area contributed by atoms with Crippen LogP contribution in [0.25, 0.3) is 0 Å². The minimum atomic E-state index is -1.08. The number of unbranched alkanes of at least 4 members (excludes halogenated alkanes) is 1. The van der Waals surface area contributed by atoms with Gasteiger partial charge in [-0.25, -0.2) is 9.48 Å². The highest BCUT2D eigenvalue weighted by atomic mass is 32.2. The number of benzene rings is 2. The number of nitrogens with one attached hydrogen (secondary N) is 2. The molecule has 3 aromatic rings. The molecule has 1 unspecified atom stereocenters. The number of carboxylic acid groups (broad SMARTS) is 1. The van der Waals surface area contributed by atoms with Gasteiger partial charge in [0.1, 0.15) is 11.8 Å². The minimum Gasteiger partial charge on any atom is -0.492 e. The molecule has 0 saturated carbocycles. The smallest absolute Gasteiger partial charge is 0.336 e. The summed E-state index contributed by atoms with van der Waals surface area (Å²) in [6, 6.07) is 13.1. The van der Waals surface area contributed by atoms with E-state index in [2.05, 4.69) is 27.6 Å². The number of fused-ring (bicyclic) bond motifs is 1. The van der Waals surface area contributed by atoms with Gasteiger partial charge in [-0.05, 0) is 44.0 Å². The van der Waals surface area contributed by atoms with Crippen LogP contribution in [0.5, 0.6) is 5.75 Å². The van der Waals surface area contributed by atoms with E-state index in [1.54, 1.807) is 41.9 Å². The van der Waals surface area contributed by atoms with Crippen LogP contribution in [0.4, 0.5) is 11.6 Å². The largest absolute Gasteiger partial charge is 0.492 e. The molecule has 0 bridgehead atoms. The summed E-state index contributed by atoms with van der Waals surface area (Å²) in [6.45, 7) is 6.22. The van der Waals surface area contributed by atoms with E-state index >= 15 is 0 Å². The highest BCUT2D eigenvalue weighted by Crippen LogP contribution is 2.38. The van der Waals surface area contributed by atoms with E-state index in [0.29, 0.717) is 46.0 Å². The number of hydrogen-bond acceptors (Lipinski definition) is 7. The standard InChI is InChI=1S/C26H29N5O4S/c1-4-6-15-36-26-29-25-27-16(3)21(23(32)28-19-13-9-10-14-20(19)35-5-2)22(31(25)30-26)17-11-7-8-12-18(17)24(33)34/h7-14,22H,4-6,15H2,1-3H3,(H,28,32)(H,33,34)(H,27,29,30). The van der Waals surface area contributed by atoms with Gasteiger partial charge in [0, 0.05) is 11.4 Å². The minimum absolute atomic E-state index is 0.0962. The van der Waals surface area contributed by atoms with Gasteiger partial charge in [0.15, 0.2) is 0 Å². The Morgan fingerprint density at radius 2 is 1.92 bits per heavy atom. The highest BCUT2D eigenvalue weighted by Gasteiger charge is 2.36. The van der Waals surface area contributed by atoms with Crippen molar-refractivity contribution in [3.05, 3.63) is 70.9 Å². The zero-order chi connectivity index (χ0) is 25.7. The van der Waals surface area contributed by atoms with Crippen LogP contribution in [0, 0.1) is 0 Å². The first-order valence-electron chi connectivity index (χ1n) is 11.9. The van der Waals surface area contributed by atoms with Gasteiger partial charge in [-0.2, -0.15) is 4.98 Å². The van der Waals surface area contributed by atoms with Gasteiger partial charge in [-0.1, -0.05) is 55.4 Å². The van der Waals surface area contributed by atoms with Gasteiger partial charge in [-0.15, -0.1) is 5.10 Å². The molecule has 4 rings (SSSR count). The normalized spacial score (nSPS) is 14.7. The van der Waals surface area contributed by atoms with Gasteiger partial charge in [-0.3, -0.25) is 4.79 Å². The summed E-state index contributed by atoms with van der Waals surface area (Å²) in [6.07, 6.45) is 2.08. The number of carbonyl (C=O) groups is 2. The number of carbonyl (C=O) groups excluding carboxylic acids is 1. The van der Waals surface area contributed by atoms with E-state index in [0.717, 1.165) is 18.6 Å². The lowest BCUT2D eigenvalue weighted by Crippen LogP contribution is -2.32. The maximum atomic E-state index is 13.7. The molecule has 9 nitrogen and oxygen atoms in total. The molecule has 1 aromatic heterocycles. The van der Waals surface area contributed by atoms with E-state index < -0.39 is 17.9 Å². The Kier molecular flexibility index (Phi) is 7.94. The molecule has 10 heteroatoms. The Hall–Kier alpha value is -3.79. The Bertz CT molecular complexity index is 1300. The fourth-order valence-electron chi connectivity index (χ4n) is 4.05.